The summed E-state index contributed by atoms with van der Waals surface area (Å²) in [7, 11) is 1.47. The lowest BCUT2D eigenvalue weighted by Gasteiger charge is -2.14. The van der Waals surface area contributed by atoms with Crippen LogP contribution in [0.4, 0.5) is 10.1 Å². The first kappa shape index (κ1) is 11.2. The molecule has 3 nitrogen and oxygen atoms in total. The van der Waals surface area contributed by atoms with Gasteiger partial charge in [-0.2, -0.15) is 0 Å². The highest BCUT2D eigenvalue weighted by atomic mass is 19.1. The van der Waals surface area contributed by atoms with Gasteiger partial charge in [0.05, 0.1) is 7.11 Å². The summed E-state index contributed by atoms with van der Waals surface area (Å²) >= 11 is 0. The minimum Gasteiger partial charge on any atom is -0.494 e. The first-order chi connectivity index (χ1) is 7.69. The van der Waals surface area contributed by atoms with Crippen LogP contribution in [-0.2, 0) is 0 Å². The van der Waals surface area contributed by atoms with Crippen LogP contribution in [-0.4, -0.2) is 19.2 Å². The molecule has 0 bridgehead atoms. The summed E-state index contributed by atoms with van der Waals surface area (Å²) in [6.07, 6.45) is 3.09. The Kier molecular flexibility index (Phi) is 3.29. The third-order valence-corrected chi connectivity index (χ3v) is 3.00. The molecule has 1 aromatic carbocycles. The Bertz CT molecular complexity index is 370. The van der Waals surface area contributed by atoms with Gasteiger partial charge in [0, 0.05) is 23.8 Å². The van der Waals surface area contributed by atoms with E-state index in [1.165, 1.54) is 13.2 Å². The molecule has 0 amide bonds. The quantitative estimate of drug-likeness (QED) is 0.826. The number of hydrogen-bond donors (Lipinski definition) is 2. The molecule has 0 aromatic heterocycles. The highest BCUT2D eigenvalue weighted by Crippen LogP contribution is 2.25. The normalized spacial score (nSPS) is 24.4. The molecule has 1 fully saturated rings. The van der Waals surface area contributed by atoms with Gasteiger partial charge in [-0.3, -0.25) is 0 Å². The van der Waals surface area contributed by atoms with E-state index in [0.717, 1.165) is 24.9 Å². The average molecular weight is 224 g/mol. The Morgan fingerprint density at radius 3 is 2.88 bits per heavy atom. The van der Waals surface area contributed by atoms with Gasteiger partial charge >= 0.3 is 0 Å². The Morgan fingerprint density at radius 1 is 1.44 bits per heavy atom. The summed E-state index contributed by atoms with van der Waals surface area (Å²) in [4.78, 5) is 0. The molecule has 4 heteroatoms. The molecule has 2 rings (SSSR count). The number of halogens is 1. The van der Waals surface area contributed by atoms with Crippen molar-refractivity contribution in [2.75, 3.05) is 12.4 Å². The molecule has 0 aliphatic heterocycles. The second-order valence-corrected chi connectivity index (χ2v) is 4.26. The highest BCUT2D eigenvalue weighted by Gasteiger charge is 2.21. The first-order valence-electron chi connectivity index (χ1n) is 5.54. The van der Waals surface area contributed by atoms with Gasteiger partial charge in [0.15, 0.2) is 11.6 Å². The Labute approximate surface area is 94.8 Å². The third kappa shape index (κ3) is 2.44. The van der Waals surface area contributed by atoms with E-state index in [2.05, 4.69) is 5.32 Å². The predicted molar refractivity (Wildman–Crippen MR) is 62.2 cm³/mol. The average Bonchev–Trinajstić information content (AvgIpc) is 2.67. The number of nitrogens with one attached hydrogen (secondary N) is 1. The van der Waals surface area contributed by atoms with E-state index in [1.54, 1.807) is 12.1 Å². The second-order valence-electron chi connectivity index (χ2n) is 4.26. The van der Waals surface area contributed by atoms with Crippen molar-refractivity contribution in [2.24, 2.45) is 5.73 Å². The van der Waals surface area contributed by atoms with Gasteiger partial charge < -0.3 is 15.8 Å². The molecular weight excluding hydrogens is 207 g/mol. The van der Waals surface area contributed by atoms with Gasteiger partial charge in [-0.25, -0.2) is 4.39 Å². The van der Waals surface area contributed by atoms with Gasteiger partial charge in [-0.15, -0.1) is 0 Å². The lowest BCUT2D eigenvalue weighted by atomic mass is 10.2. The van der Waals surface area contributed by atoms with Crippen LogP contribution in [0.15, 0.2) is 18.2 Å². The second kappa shape index (κ2) is 4.70. The monoisotopic (exact) mass is 224 g/mol. The van der Waals surface area contributed by atoms with Gasteiger partial charge in [0.1, 0.15) is 0 Å². The molecule has 16 heavy (non-hydrogen) atoms. The largest absolute Gasteiger partial charge is 0.494 e. The molecule has 0 saturated heterocycles. The predicted octanol–water partition coefficient (Wildman–Crippen LogP) is 2.13. The van der Waals surface area contributed by atoms with Gasteiger partial charge in [0.2, 0.25) is 0 Å². The SMILES string of the molecule is COc1cc(NC2CCC(N)C2)ccc1F. The Hall–Kier alpha value is -1.29. The number of benzene rings is 1. The van der Waals surface area contributed by atoms with Crippen LogP contribution in [0.5, 0.6) is 5.75 Å². The van der Waals surface area contributed by atoms with Crippen molar-refractivity contribution in [3.05, 3.63) is 24.0 Å². The molecule has 2 unspecified atom stereocenters. The van der Waals surface area contributed by atoms with Crippen molar-refractivity contribution in [1.29, 1.82) is 0 Å². The first-order valence-corrected chi connectivity index (χ1v) is 5.54. The lowest BCUT2D eigenvalue weighted by Crippen LogP contribution is -2.20. The summed E-state index contributed by atoms with van der Waals surface area (Å²) in [6.45, 7) is 0. The summed E-state index contributed by atoms with van der Waals surface area (Å²) in [6, 6.07) is 5.50. The zero-order valence-electron chi connectivity index (χ0n) is 9.37. The number of hydrogen-bond acceptors (Lipinski definition) is 3. The number of anilines is 1. The number of ether oxygens (including phenoxy) is 1. The smallest absolute Gasteiger partial charge is 0.165 e. The van der Waals surface area contributed by atoms with E-state index < -0.39 is 0 Å². The zero-order valence-corrected chi connectivity index (χ0v) is 9.37. The van der Waals surface area contributed by atoms with Crippen LogP contribution < -0.4 is 15.8 Å². The van der Waals surface area contributed by atoms with Crippen molar-refractivity contribution in [2.45, 2.75) is 31.3 Å². The van der Waals surface area contributed by atoms with Gasteiger partial charge in [-0.1, -0.05) is 0 Å². The highest BCUT2D eigenvalue weighted by molar-refractivity contribution is 5.49. The molecule has 2 atom stereocenters. The molecule has 3 N–H and O–H groups in total. The fourth-order valence-electron chi connectivity index (χ4n) is 2.13. The summed E-state index contributed by atoms with van der Waals surface area (Å²) in [5.41, 5.74) is 6.72. The molecule has 1 saturated carbocycles. The molecule has 0 heterocycles. The van der Waals surface area contributed by atoms with Crippen LogP contribution in [0.25, 0.3) is 0 Å². The van der Waals surface area contributed by atoms with E-state index >= 15 is 0 Å². The van der Waals surface area contributed by atoms with Crippen molar-refractivity contribution in [1.82, 2.24) is 0 Å². The van der Waals surface area contributed by atoms with E-state index in [4.69, 9.17) is 10.5 Å². The van der Waals surface area contributed by atoms with Gasteiger partial charge in [0.25, 0.3) is 0 Å². The van der Waals surface area contributed by atoms with Crippen molar-refractivity contribution in [3.8, 4) is 5.75 Å². The molecule has 0 radical (unpaired) electrons. The van der Waals surface area contributed by atoms with Crippen LogP contribution in [0.2, 0.25) is 0 Å². The fourth-order valence-corrected chi connectivity index (χ4v) is 2.13. The van der Waals surface area contributed by atoms with Crippen molar-refractivity contribution < 1.29 is 9.13 Å². The summed E-state index contributed by atoms with van der Waals surface area (Å²) < 4.78 is 18.1. The fraction of sp³-hybridized carbons (Fsp3) is 0.500. The van der Waals surface area contributed by atoms with E-state index in [9.17, 15) is 4.39 Å². The molecule has 1 aromatic rings. The zero-order chi connectivity index (χ0) is 11.5. The molecule has 88 valence electrons. The van der Waals surface area contributed by atoms with Crippen LogP contribution in [0, 0.1) is 5.82 Å². The van der Waals surface area contributed by atoms with Gasteiger partial charge in [-0.05, 0) is 31.4 Å². The van der Waals surface area contributed by atoms with Crippen LogP contribution in [0.1, 0.15) is 19.3 Å². The Balaban J connectivity index is 2.04. The van der Waals surface area contributed by atoms with Crippen molar-refractivity contribution in [3.63, 3.8) is 0 Å². The molecule has 1 aliphatic rings. The molecule has 0 spiro atoms. The number of rotatable bonds is 3. The minimum atomic E-state index is -0.337. The minimum absolute atomic E-state index is 0.271. The topological polar surface area (TPSA) is 47.3 Å². The third-order valence-electron chi connectivity index (χ3n) is 3.00. The van der Waals surface area contributed by atoms with E-state index in [0.29, 0.717) is 12.1 Å². The number of methoxy groups -OCH3 is 1. The summed E-state index contributed by atoms with van der Waals surface area (Å²) in [5.74, 6) is -0.0662. The van der Waals surface area contributed by atoms with Crippen LogP contribution in [0.3, 0.4) is 0 Å². The lowest BCUT2D eigenvalue weighted by molar-refractivity contribution is 0.386. The number of nitrogens with two attached hydrogens (primary N) is 1. The maximum absolute atomic E-state index is 13.2. The van der Waals surface area contributed by atoms with E-state index in [-0.39, 0.29) is 11.6 Å². The summed E-state index contributed by atoms with van der Waals surface area (Å²) in [5, 5.41) is 3.35. The van der Waals surface area contributed by atoms with Crippen molar-refractivity contribution >= 4 is 5.69 Å². The molecular formula is C12H17FN2O. The van der Waals surface area contributed by atoms with Crippen LogP contribution >= 0.6 is 0 Å². The standard InChI is InChI=1S/C12H17FN2O/c1-16-12-7-10(4-5-11(12)13)15-9-3-2-8(14)6-9/h4-5,7-9,15H,2-3,6,14H2,1H3. The maximum atomic E-state index is 13.2. The maximum Gasteiger partial charge on any atom is 0.165 e. The van der Waals surface area contributed by atoms with E-state index in [1.807, 2.05) is 0 Å². The molecule has 1 aliphatic carbocycles. The Morgan fingerprint density at radius 2 is 2.25 bits per heavy atom.